The van der Waals surface area contributed by atoms with Crippen molar-refractivity contribution in [2.24, 2.45) is 16.2 Å². The number of hydrogen-bond acceptors (Lipinski definition) is 0. The Morgan fingerprint density at radius 1 is 0.550 bits per heavy atom. The molecular weight excluding hydrogens is 394 g/mol. The third-order valence-electron chi connectivity index (χ3n) is 0. The van der Waals surface area contributed by atoms with Crippen molar-refractivity contribution in [1.29, 1.82) is 0 Å². The van der Waals surface area contributed by atoms with Crippen LogP contribution in [-0.2, 0) is 65.4 Å². The molecule has 2 radical (unpaired) electrons. The first-order valence-corrected chi connectivity index (χ1v) is 6.71. The van der Waals surface area contributed by atoms with Crippen LogP contribution in [0.4, 0.5) is 0 Å². The quantitative estimate of drug-likeness (QED) is 0.367. The van der Waals surface area contributed by atoms with Crippen molar-refractivity contribution >= 4 is 0 Å². The molecule has 0 atom stereocenters. The molecule has 0 aliphatic carbocycles. The maximum atomic E-state index is 3.77. The van der Waals surface area contributed by atoms with Gasteiger partial charge in [-0.05, 0) is 5.41 Å². The predicted molar refractivity (Wildman–Crippen MR) is 90.1 cm³/mol. The Bertz CT molecular complexity index is 95.7. The van der Waals surface area contributed by atoms with Crippen LogP contribution in [0.15, 0.2) is 0 Å². The molecule has 0 aliphatic heterocycles. The van der Waals surface area contributed by atoms with E-state index in [1.807, 2.05) is 0 Å². The van der Waals surface area contributed by atoms with Gasteiger partial charge in [0.15, 0.2) is 0 Å². The van der Waals surface area contributed by atoms with E-state index in [-0.39, 0.29) is 76.2 Å². The first-order valence-electron chi connectivity index (χ1n) is 6.71. The van der Waals surface area contributed by atoms with Gasteiger partial charge in [-0.15, -0.1) is 0 Å². The molecule has 0 N–H and O–H groups in total. The largest absolute Gasteiger partial charge is 0.372 e. The summed E-state index contributed by atoms with van der Waals surface area (Å²) < 4.78 is 0. The van der Waals surface area contributed by atoms with Gasteiger partial charge in [0.05, 0.1) is 0 Å². The second-order valence-corrected chi connectivity index (χ2v) is 8.47. The Morgan fingerprint density at radius 2 is 0.550 bits per heavy atom. The van der Waals surface area contributed by atoms with Crippen LogP contribution in [0, 0.1) is 43.9 Å². The fourth-order valence-electron chi connectivity index (χ4n) is 0. The molecule has 122 valence electrons. The minimum atomic E-state index is 0. The van der Waals surface area contributed by atoms with E-state index in [0.29, 0.717) is 5.41 Å². The molecule has 0 saturated carbocycles. The molecule has 0 rings (SSSR count). The molecule has 0 bridgehead atoms. The SMILES string of the molecule is CC(C)(C)C.[CH2-]C(C)(C)C.[CH2-]C(C)(C)C.[CH2-]C[CH2-].[Y].[Y]. The zero-order valence-corrected chi connectivity index (χ0v) is 21.9. The van der Waals surface area contributed by atoms with Crippen molar-refractivity contribution < 1.29 is 65.4 Å². The van der Waals surface area contributed by atoms with Gasteiger partial charge in [-0.25, -0.2) is 0 Å². The van der Waals surface area contributed by atoms with Crippen molar-refractivity contribution in [2.75, 3.05) is 0 Å². The Hall–Kier alpha value is 2.21. The zero-order valence-electron chi connectivity index (χ0n) is 16.2. The van der Waals surface area contributed by atoms with Gasteiger partial charge in [0.25, 0.3) is 0 Å². The summed E-state index contributed by atoms with van der Waals surface area (Å²) in [5, 5.41) is 0. The van der Waals surface area contributed by atoms with Crippen LogP contribution in [0.5, 0.6) is 0 Å². The monoisotopic (exact) mass is 434 g/mol. The number of hydrogen-bond donors (Lipinski definition) is 0. The molecule has 0 aromatic rings. The molecule has 0 fully saturated rings. The van der Waals surface area contributed by atoms with E-state index in [9.17, 15) is 0 Å². The Kier molecular flexibility index (Phi) is 36.6. The third kappa shape index (κ3) is 1530. The summed E-state index contributed by atoms with van der Waals surface area (Å²) in [5.74, 6) is 0. The van der Waals surface area contributed by atoms with Crippen molar-refractivity contribution in [2.45, 2.75) is 75.7 Å². The summed E-state index contributed by atoms with van der Waals surface area (Å²) in [6.45, 7) is 35.5. The summed E-state index contributed by atoms with van der Waals surface area (Å²) in [5.41, 5.74) is 1.00. The van der Waals surface area contributed by atoms with Gasteiger partial charge in [0.1, 0.15) is 0 Å². The fourth-order valence-corrected chi connectivity index (χ4v) is 0. The molecule has 0 saturated heterocycles. The predicted octanol–water partition coefficient (Wildman–Crippen LogP) is 6.83. The summed E-state index contributed by atoms with van der Waals surface area (Å²) in [7, 11) is 0. The normalized spacial score (nSPS) is 9.90. The average molecular weight is 434 g/mol. The van der Waals surface area contributed by atoms with Crippen LogP contribution < -0.4 is 0 Å². The Morgan fingerprint density at radius 3 is 0.550 bits per heavy atom. The second-order valence-electron chi connectivity index (χ2n) is 8.47. The van der Waals surface area contributed by atoms with Gasteiger partial charge >= 0.3 is 0 Å². The minimum Gasteiger partial charge on any atom is -0.372 e. The Balaban J connectivity index is -0.0000000321. The van der Waals surface area contributed by atoms with Gasteiger partial charge in [0.2, 0.25) is 0 Å². The molecule has 0 aliphatic rings. The van der Waals surface area contributed by atoms with Gasteiger partial charge in [0, 0.05) is 65.4 Å². The van der Waals surface area contributed by atoms with E-state index in [1.54, 1.807) is 0 Å². The first kappa shape index (κ1) is 38.0. The zero-order chi connectivity index (χ0) is 16.2. The van der Waals surface area contributed by atoms with Crippen LogP contribution >= 0.6 is 0 Å². The maximum Gasteiger partial charge on any atom is 0 e. The van der Waals surface area contributed by atoms with Crippen molar-refractivity contribution in [1.82, 2.24) is 0 Å². The standard InChI is InChI=1S/C5H12.2C5H11.C3H6.2Y/c3*1-5(2,3)4;1-3-2;;/h1-4H3;2*1H2,2-4H3;1-3H2;;/q;2*-1;-2;;. The number of rotatable bonds is 0. The molecule has 0 amide bonds. The molecule has 0 spiro atoms. The van der Waals surface area contributed by atoms with Crippen LogP contribution in [0.2, 0.25) is 0 Å². The molecule has 0 aromatic heterocycles. The van der Waals surface area contributed by atoms with Gasteiger partial charge in [-0.3, -0.25) is 0 Å². The van der Waals surface area contributed by atoms with Crippen LogP contribution in [0.25, 0.3) is 0 Å². The maximum absolute atomic E-state index is 3.77. The van der Waals surface area contributed by atoms with Gasteiger partial charge < -0.3 is 34.1 Å². The van der Waals surface area contributed by atoms with Crippen molar-refractivity contribution in [3.8, 4) is 0 Å². The first-order chi connectivity index (χ1) is 7.41. The topological polar surface area (TPSA) is 0 Å². The summed E-state index contributed by atoms with van der Waals surface area (Å²) in [4.78, 5) is 0. The van der Waals surface area contributed by atoms with Crippen LogP contribution in [0.3, 0.4) is 0 Å². The molecule has 20 heavy (non-hydrogen) atoms. The van der Waals surface area contributed by atoms with E-state index in [4.69, 9.17) is 0 Å². The summed E-state index contributed by atoms with van der Waals surface area (Å²) >= 11 is 0. The smallest absolute Gasteiger partial charge is 0 e. The minimum absolute atomic E-state index is 0. The average Bonchev–Trinajstić information content (AvgIpc) is 1.71. The van der Waals surface area contributed by atoms with Crippen molar-refractivity contribution in [3.05, 3.63) is 27.7 Å². The van der Waals surface area contributed by atoms with Gasteiger partial charge in [-0.2, -0.15) is 10.8 Å². The summed E-state index contributed by atoms with van der Waals surface area (Å²) in [6.07, 6.45) is 0.750. The van der Waals surface area contributed by atoms with Crippen LogP contribution in [0.1, 0.15) is 75.7 Å². The fraction of sp³-hybridized carbons (Fsp3) is 0.778. The molecular formula is C18H40Y2-4. The third-order valence-corrected chi connectivity index (χ3v) is 0. The molecule has 0 aromatic carbocycles. The van der Waals surface area contributed by atoms with E-state index >= 15 is 0 Å². The van der Waals surface area contributed by atoms with Crippen LogP contribution in [-0.4, -0.2) is 0 Å². The van der Waals surface area contributed by atoms with E-state index in [1.165, 1.54) is 0 Å². The molecule has 0 unspecified atom stereocenters. The van der Waals surface area contributed by atoms with Gasteiger partial charge in [-0.1, -0.05) is 69.2 Å². The van der Waals surface area contributed by atoms with E-state index < -0.39 is 0 Å². The van der Waals surface area contributed by atoms with E-state index in [0.717, 1.165) is 6.42 Å². The molecule has 2 heteroatoms. The van der Waals surface area contributed by atoms with E-state index in [2.05, 4.69) is 96.9 Å². The second kappa shape index (κ2) is 19.3. The molecule has 0 heterocycles. The molecule has 0 nitrogen and oxygen atoms in total. The summed E-state index contributed by atoms with van der Waals surface area (Å²) in [6, 6.07) is 0. The van der Waals surface area contributed by atoms with Crippen molar-refractivity contribution in [3.63, 3.8) is 0 Å². The Labute approximate surface area is 183 Å².